The number of rotatable bonds is 4. The molecule has 0 radical (unpaired) electrons. The number of para-hydroxylation sites is 1. The monoisotopic (exact) mass is 411 g/mol. The summed E-state index contributed by atoms with van der Waals surface area (Å²) in [6, 6.07) is 12.8. The van der Waals surface area contributed by atoms with Crippen LogP contribution in [0.15, 0.2) is 42.5 Å². The van der Waals surface area contributed by atoms with Crippen LogP contribution in [0.1, 0.15) is 55.1 Å². The van der Waals surface area contributed by atoms with Crippen molar-refractivity contribution in [1.29, 1.82) is 0 Å². The smallest absolute Gasteiger partial charge is 0.253 e. The molecule has 6 nitrogen and oxygen atoms in total. The highest BCUT2D eigenvalue weighted by Gasteiger charge is 2.44. The number of nitrogens with zero attached hydrogens (tertiary/aromatic N) is 1. The maximum atomic E-state index is 13.0. The second kappa shape index (κ2) is 8.19. The van der Waals surface area contributed by atoms with E-state index in [1.165, 1.54) is 13.2 Å². The number of carbonyl (C=O) groups excluding carboxylic acids is 1. The van der Waals surface area contributed by atoms with Crippen molar-refractivity contribution in [3.05, 3.63) is 53.6 Å². The maximum absolute atomic E-state index is 13.0. The van der Waals surface area contributed by atoms with Gasteiger partial charge in [0.15, 0.2) is 11.5 Å². The van der Waals surface area contributed by atoms with Crippen molar-refractivity contribution in [3.63, 3.8) is 0 Å². The molecule has 1 atom stereocenters. The number of carbonyl (C=O) groups is 1. The second-order valence-electron chi connectivity index (χ2n) is 8.38. The molecule has 4 rings (SSSR count). The lowest BCUT2D eigenvalue weighted by molar-refractivity contribution is -0.0872. The molecule has 2 aliphatic heterocycles. The zero-order valence-corrected chi connectivity index (χ0v) is 17.8. The third-order valence-corrected chi connectivity index (χ3v) is 5.97. The lowest BCUT2D eigenvalue weighted by Gasteiger charge is -2.47. The molecule has 1 amide bonds. The molecule has 0 saturated carbocycles. The molecule has 0 aliphatic carbocycles. The predicted octanol–water partition coefficient (Wildman–Crippen LogP) is 4.32. The van der Waals surface area contributed by atoms with Gasteiger partial charge in [-0.05, 0) is 38.1 Å². The Kier molecular flexibility index (Phi) is 5.60. The molecule has 1 spiro atoms. The van der Waals surface area contributed by atoms with Crippen molar-refractivity contribution in [2.75, 3.05) is 20.2 Å². The fourth-order valence-electron chi connectivity index (χ4n) is 4.43. The molecule has 0 aromatic heterocycles. The predicted molar refractivity (Wildman–Crippen MR) is 113 cm³/mol. The minimum atomic E-state index is -0.322. The first-order chi connectivity index (χ1) is 14.4. The average Bonchev–Trinajstić information content (AvgIpc) is 2.74. The topological polar surface area (TPSA) is 68.2 Å². The Balaban J connectivity index is 1.49. The molecule has 0 unspecified atom stereocenters. The maximum Gasteiger partial charge on any atom is 0.253 e. The highest BCUT2D eigenvalue weighted by atomic mass is 16.5. The van der Waals surface area contributed by atoms with E-state index in [-0.39, 0.29) is 29.5 Å². The summed E-state index contributed by atoms with van der Waals surface area (Å²) in [6.07, 6.45) is 2.42. The molecule has 1 fully saturated rings. The van der Waals surface area contributed by atoms with Crippen LogP contribution in [-0.4, -0.2) is 47.8 Å². The fourth-order valence-corrected chi connectivity index (χ4v) is 4.43. The number of likely N-dealkylation sites (tertiary alicyclic amines) is 1. The van der Waals surface area contributed by atoms with Crippen molar-refractivity contribution < 1.29 is 24.1 Å². The van der Waals surface area contributed by atoms with Gasteiger partial charge < -0.3 is 24.2 Å². The minimum Gasteiger partial charge on any atom is -0.504 e. The number of benzene rings is 2. The average molecular weight is 411 g/mol. The van der Waals surface area contributed by atoms with Crippen LogP contribution in [0.25, 0.3) is 0 Å². The molecule has 2 heterocycles. The van der Waals surface area contributed by atoms with Gasteiger partial charge in [-0.3, -0.25) is 4.79 Å². The normalized spacial score (nSPS) is 20.0. The quantitative estimate of drug-likeness (QED) is 0.811. The van der Waals surface area contributed by atoms with Gasteiger partial charge >= 0.3 is 0 Å². The molecule has 1 N–H and O–H groups in total. The Hall–Kier alpha value is -2.73. The zero-order valence-electron chi connectivity index (χ0n) is 17.8. The van der Waals surface area contributed by atoms with Crippen molar-refractivity contribution in [2.24, 2.45) is 0 Å². The van der Waals surface area contributed by atoms with Crippen LogP contribution < -0.4 is 9.47 Å². The van der Waals surface area contributed by atoms with Crippen LogP contribution in [0.5, 0.6) is 17.2 Å². The fraction of sp³-hybridized carbons (Fsp3) is 0.458. The van der Waals surface area contributed by atoms with Gasteiger partial charge in [-0.2, -0.15) is 0 Å². The Morgan fingerprint density at radius 3 is 2.63 bits per heavy atom. The first-order valence-electron chi connectivity index (χ1n) is 10.5. The first-order valence-corrected chi connectivity index (χ1v) is 10.5. The van der Waals surface area contributed by atoms with Gasteiger partial charge in [-0.1, -0.05) is 18.2 Å². The Labute approximate surface area is 177 Å². The molecular formula is C24H29NO5. The van der Waals surface area contributed by atoms with E-state index >= 15 is 0 Å². The van der Waals surface area contributed by atoms with Crippen molar-refractivity contribution in [3.8, 4) is 17.2 Å². The lowest BCUT2D eigenvalue weighted by atomic mass is 9.81. The van der Waals surface area contributed by atoms with Gasteiger partial charge in [0.1, 0.15) is 11.4 Å². The van der Waals surface area contributed by atoms with E-state index < -0.39 is 0 Å². The van der Waals surface area contributed by atoms with Crippen molar-refractivity contribution in [1.82, 2.24) is 4.90 Å². The van der Waals surface area contributed by atoms with Crippen LogP contribution in [0, 0.1) is 0 Å². The molecule has 2 aliphatic rings. The van der Waals surface area contributed by atoms with E-state index in [0.717, 1.165) is 30.6 Å². The number of piperidine rings is 1. The largest absolute Gasteiger partial charge is 0.504 e. The summed E-state index contributed by atoms with van der Waals surface area (Å²) in [6.45, 7) is 5.33. The van der Waals surface area contributed by atoms with Crippen LogP contribution in [0.4, 0.5) is 0 Å². The number of hydrogen-bond acceptors (Lipinski definition) is 5. The number of fused-ring (bicyclic) bond motifs is 1. The van der Waals surface area contributed by atoms with Gasteiger partial charge in [0, 0.05) is 43.5 Å². The molecule has 1 saturated heterocycles. The Bertz CT molecular complexity index is 918. The standard InChI is InChI=1S/C24H29NO5/c1-16(2)29-22-15-24(30-20-7-5-4-6-18(20)22)10-12-25(13-11-24)23(27)17-8-9-19(26)21(14-17)28-3/h4-9,14,16,22,26H,10-13,15H2,1-3H3/t22-/m1/s1. The van der Waals surface area contributed by atoms with Crippen LogP contribution in [-0.2, 0) is 4.74 Å². The highest BCUT2D eigenvalue weighted by Crippen LogP contribution is 2.46. The number of ether oxygens (including phenoxy) is 3. The summed E-state index contributed by atoms with van der Waals surface area (Å²) in [7, 11) is 1.47. The molecule has 2 aromatic carbocycles. The summed E-state index contributed by atoms with van der Waals surface area (Å²) >= 11 is 0. The summed E-state index contributed by atoms with van der Waals surface area (Å²) in [5.41, 5.74) is 1.29. The van der Waals surface area contributed by atoms with Crippen molar-refractivity contribution >= 4 is 5.91 Å². The van der Waals surface area contributed by atoms with Gasteiger partial charge in [0.25, 0.3) is 5.91 Å². The molecule has 6 heteroatoms. The third-order valence-electron chi connectivity index (χ3n) is 5.97. The third kappa shape index (κ3) is 3.97. The van der Waals surface area contributed by atoms with E-state index in [0.29, 0.717) is 24.4 Å². The summed E-state index contributed by atoms with van der Waals surface area (Å²) < 4.78 is 17.8. The minimum absolute atomic E-state index is 0.00133. The van der Waals surface area contributed by atoms with Gasteiger partial charge in [-0.15, -0.1) is 0 Å². The van der Waals surface area contributed by atoms with Crippen LogP contribution >= 0.6 is 0 Å². The van der Waals surface area contributed by atoms with E-state index in [9.17, 15) is 9.90 Å². The number of phenols is 1. The van der Waals surface area contributed by atoms with Gasteiger partial charge in [-0.25, -0.2) is 0 Å². The van der Waals surface area contributed by atoms with E-state index in [4.69, 9.17) is 14.2 Å². The van der Waals surface area contributed by atoms with Crippen molar-refractivity contribution in [2.45, 2.75) is 50.9 Å². The summed E-state index contributed by atoms with van der Waals surface area (Å²) in [5, 5.41) is 9.78. The SMILES string of the molecule is COc1cc(C(=O)N2CCC3(CC2)C[C@@H](OC(C)C)c2ccccc2O3)ccc1O. The Morgan fingerprint density at radius 2 is 1.93 bits per heavy atom. The number of amides is 1. The molecule has 2 aromatic rings. The van der Waals surface area contributed by atoms with Crippen LogP contribution in [0.3, 0.4) is 0 Å². The van der Waals surface area contributed by atoms with E-state index in [2.05, 4.69) is 19.9 Å². The van der Waals surface area contributed by atoms with Gasteiger partial charge in [0.05, 0.1) is 19.3 Å². The highest BCUT2D eigenvalue weighted by molar-refractivity contribution is 5.95. The molecular weight excluding hydrogens is 382 g/mol. The number of methoxy groups -OCH3 is 1. The van der Waals surface area contributed by atoms with Crippen LogP contribution in [0.2, 0.25) is 0 Å². The number of hydrogen-bond donors (Lipinski definition) is 1. The Morgan fingerprint density at radius 1 is 1.20 bits per heavy atom. The molecule has 160 valence electrons. The molecule has 30 heavy (non-hydrogen) atoms. The lowest BCUT2D eigenvalue weighted by Crippen LogP contribution is -2.52. The second-order valence-corrected chi connectivity index (χ2v) is 8.38. The number of phenolic OH excluding ortho intramolecular Hbond substituents is 1. The summed E-state index contributed by atoms with van der Waals surface area (Å²) in [5.74, 6) is 1.15. The van der Waals surface area contributed by atoms with E-state index in [1.807, 2.05) is 23.1 Å². The number of aromatic hydroxyl groups is 1. The van der Waals surface area contributed by atoms with E-state index in [1.54, 1.807) is 12.1 Å². The zero-order chi connectivity index (χ0) is 21.3. The van der Waals surface area contributed by atoms with Gasteiger partial charge in [0.2, 0.25) is 0 Å². The molecule has 0 bridgehead atoms. The first kappa shape index (κ1) is 20.5. The summed E-state index contributed by atoms with van der Waals surface area (Å²) in [4.78, 5) is 14.8.